The van der Waals surface area contributed by atoms with Gasteiger partial charge >= 0.3 is 0 Å². The van der Waals surface area contributed by atoms with E-state index in [0.717, 1.165) is 13.2 Å². The molecule has 2 heteroatoms. The molecule has 2 saturated heterocycles. The maximum atomic E-state index is 6.39. The van der Waals surface area contributed by atoms with Gasteiger partial charge in [-0.25, -0.2) is 0 Å². The van der Waals surface area contributed by atoms with E-state index in [1.165, 1.54) is 31.4 Å². The Balaban J connectivity index is 1.80. The van der Waals surface area contributed by atoms with Gasteiger partial charge in [0.05, 0.1) is 12.7 Å². The first-order chi connectivity index (χ1) is 9.70. The topological polar surface area (TPSA) is 21.3 Å². The first-order valence-corrected chi connectivity index (χ1v) is 8.07. The fraction of sp³-hybridized carbons (Fsp3) is 0.667. The van der Waals surface area contributed by atoms with Crippen LogP contribution in [-0.2, 0) is 4.74 Å². The average molecular weight is 273 g/mol. The van der Waals surface area contributed by atoms with Crippen LogP contribution in [0.1, 0.15) is 44.8 Å². The summed E-state index contributed by atoms with van der Waals surface area (Å²) in [6.07, 6.45) is 4.20. The Morgan fingerprint density at radius 2 is 2.05 bits per heavy atom. The molecular formula is C18H27NO. The van der Waals surface area contributed by atoms with Crippen molar-refractivity contribution in [3.8, 4) is 0 Å². The molecule has 2 aliphatic rings. The number of piperidine rings is 1. The lowest BCUT2D eigenvalue weighted by Gasteiger charge is -2.48. The molecule has 1 aromatic carbocycles. The highest BCUT2D eigenvalue weighted by Gasteiger charge is 2.43. The summed E-state index contributed by atoms with van der Waals surface area (Å²) in [4.78, 5) is 0. The molecule has 0 aromatic heterocycles. The maximum Gasteiger partial charge on any atom is 0.0856 e. The summed E-state index contributed by atoms with van der Waals surface area (Å²) in [5, 5.41) is 3.58. The maximum absolute atomic E-state index is 6.39. The lowest BCUT2D eigenvalue weighted by Crippen LogP contribution is -2.49. The SMILES string of the molecule is CC(C)[C@@H]1C[C@@]2(CCCNC2)CO[C@H]1c1ccccc1. The van der Waals surface area contributed by atoms with Gasteiger partial charge in [-0.3, -0.25) is 0 Å². The lowest BCUT2D eigenvalue weighted by molar-refractivity contribution is -0.120. The van der Waals surface area contributed by atoms with Crippen molar-refractivity contribution >= 4 is 0 Å². The van der Waals surface area contributed by atoms with E-state index in [0.29, 0.717) is 17.3 Å². The third-order valence-corrected chi connectivity index (χ3v) is 5.17. The van der Waals surface area contributed by atoms with Crippen molar-refractivity contribution in [3.05, 3.63) is 35.9 Å². The van der Waals surface area contributed by atoms with Gasteiger partial charge in [0, 0.05) is 12.0 Å². The fourth-order valence-corrected chi connectivity index (χ4v) is 3.96. The zero-order valence-corrected chi connectivity index (χ0v) is 12.8. The third kappa shape index (κ3) is 2.77. The zero-order valence-electron chi connectivity index (χ0n) is 12.8. The summed E-state index contributed by atoms with van der Waals surface area (Å²) >= 11 is 0. The Morgan fingerprint density at radius 1 is 1.25 bits per heavy atom. The van der Waals surface area contributed by atoms with Crippen LogP contribution in [0.2, 0.25) is 0 Å². The van der Waals surface area contributed by atoms with E-state index in [9.17, 15) is 0 Å². The van der Waals surface area contributed by atoms with Crippen molar-refractivity contribution in [2.24, 2.45) is 17.3 Å². The first kappa shape index (κ1) is 14.1. The molecule has 0 unspecified atom stereocenters. The van der Waals surface area contributed by atoms with E-state index in [-0.39, 0.29) is 6.10 Å². The molecule has 3 rings (SSSR count). The molecule has 1 aromatic rings. The molecule has 2 aliphatic heterocycles. The van der Waals surface area contributed by atoms with E-state index in [1.54, 1.807) is 0 Å². The van der Waals surface area contributed by atoms with Gasteiger partial charge in [-0.2, -0.15) is 0 Å². The van der Waals surface area contributed by atoms with Crippen molar-refractivity contribution in [1.29, 1.82) is 0 Å². The second kappa shape index (κ2) is 5.87. The Bertz CT molecular complexity index is 422. The predicted molar refractivity (Wildman–Crippen MR) is 82.6 cm³/mol. The lowest BCUT2D eigenvalue weighted by atomic mass is 9.68. The predicted octanol–water partition coefficient (Wildman–Crippen LogP) is 3.79. The number of nitrogens with one attached hydrogen (secondary N) is 1. The molecule has 0 radical (unpaired) electrons. The molecule has 2 fully saturated rings. The highest BCUT2D eigenvalue weighted by molar-refractivity contribution is 5.19. The number of hydrogen-bond donors (Lipinski definition) is 1. The molecule has 0 amide bonds. The highest BCUT2D eigenvalue weighted by atomic mass is 16.5. The van der Waals surface area contributed by atoms with Gasteiger partial charge in [0.2, 0.25) is 0 Å². The molecule has 110 valence electrons. The highest BCUT2D eigenvalue weighted by Crippen LogP contribution is 2.47. The number of ether oxygens (including phenoxy) is 1. The van der Waals surface area contributed by atoms with E-state index in [2.05, 4.69) is 49.5 Å². The van der Waals surface area contributed by atoms with Crippen molar-refractivity contribution in [3.63, 3.8) is 0 Å². The first-order valence-electron chi connectivity index (χ1n) is 8.07. The van der Waals surface area contributed by atoms with Crippen molar-refractivity contribution in [2.75, 3.05) is 19.7 Å². The number of hydrogen-bond acceptors (Lipinski definition) is 2. The van der Waals surface area contributed by atoms with Gasteiger partial charge in [-0.1, -0.05) is 44.2 Å². The molecule has 1 spiro atoms. The van der Waals surface area contributed by atoms with Gasteiger partial charge in [0.25, 0.3) is 0 Å². The molecule has 0 bridgehead atoms. The van der Waals surface area contributed by atoms with Crippen molar-refractivity contribution in [1.82, 2.24) is 5.32 Å². The van der Waals surface area contributed by atoms with Gasteiger partial charge in [0.15, 0.2) is 0 Å². The average Bonchev–Trinajstić information content (AvgIpc) is 2.49. The van der Waals surface area contributed by atoms with Crippen LogP contribution in [-0.4, -0.2) is 19.7 Å². The van der Waals surface area contributed by atoms with Gasteiger partial charge in [-0.15, -0.1) is 0 Å². The monoisotopic (exact) mass is 273 g/mol. The van der Waals surface area contributed by atoms with Crippen LogP contribution in [0, 0.1) is 17.3 Å². The quantitative estimate of drug-likeness (QED) is 0.885. The minimum Gasteiger partial charge on any atom is -0.373 e. The molecule has 1 N–H and O–H groups in total. The largest absolute Gasteiger partial charge is 0.373 e. The van der Waals surface area contributed by atoms with E-state index in [1.807, 2.05) is 0 Å². The minimum atomic E-state index is 0.281. The molecular weight excluding hydrogens is 246 g/mol. The van der Waals surface area contributed by atoms with Crippen LogP contribution in [0.4, 0.5) is 0 Å². The van der Waals surface area contributed by atoms with Gasteiger partial charge in [0.1, 0.15) is 0 Å². The zero-order chi connectivity index (χ0) is 14.0. The summed E-state index contributed by atoms with van der Waals surface area (Å²) in [5.74, 6) is 1.30. The summed E-state index contributed by atoms with van der Waals surface area (Å²) in [5.41, 5.74) is 1.74. The molecule has 3 atom stereocenters. The van der Waals surface area contributed by atoms with Crippen LogP contribution < -0.4 is 5.32 Å². The van der Waals surface area contributed by atoms with Gasteiger partial charge in [-0.05, 0) is 43.2 Å². The van der Waals surface area contributed by atoms with E-state index < -0.39 is 0 Å². The van der Waals surface area contributed by atoms with Crippen molar-refractivity contribution < 1.29 is 4.74 Å². The van der Waals surface area contributed by atoms with Crippen LogP contribution in [0.3, 0.4) is 0 Å². The smallest absolute Gasteiger partial charge is 0.0856 e. The van der Waals surface area contributed by atoms with Gasteiger partial charge < -0.3 is 10.1 Å². The van der Waals surface area contributed by atoms with Crippen LogP contribution >= 0.6 is 0 Å². The second-order valence-electron chi connectivity index (χ2n) is 7.03. The Hall–Kier alpha value is -0.860. The van der Waals surface area contributed by atoms with Crippen LogP contribution in [0.5, 0.6) is 0 Å². The summed E-state index contributed by atoms with van der Waals surface area (Å²) in [6.45, 7) is 7.93. The summed E-state index contributed by atoms with van der Waals surface area (Å²) in [7, 11) is 0. The van der Waals surface area contributed by atoms with Crippen LogP contribution in [0.15, 0.2) is 30.3 Å². The molecule has 0 aliphatic carbocycles. The standard InChI is InChI=1S/C18H27NO/c1-14(2)16-11-18(9-6-10-19-12-18)13-20-17(16)15-7-4-3-5-8-15/h3-5,7-8,14,16-17,19H,6,9-13H2,1-2H3/t16-,17-,18+/m0/s1. The fourth-order valence-electron chi connectivity index (χ4n) is 3.96. The molecule has 0 saturated carbocycles. The Labute approximate surface area is 122 Å². The third-order valence-electron chi connectivity index (χ3n) is 5.17. The summed E-state index contributed by atoms with van der Waals surface area (Å²) in [6, 6.07) is 10.8. The Kier molecular flexibility index (Phi) is 4.13. The Morgan fingerprint density at radius 3 is 2.70 bits per heavy atom. The molecule has 20 heavy (non-hydrogen) atoms. The second-order valence-corrected chi connectivity index (χ2v) is 7.03. The van der Waals surface area contributed by atoms with Crippen molar-refractivity contribution in [2.45, 2.75) is 39.2 Å². The number of benzene rings is 1. The normalized spacial score (nSPS) is 34.5. The van der Waals surface area contributed by atoms with Crippen LogP contribution in [0.25, 0.3) is 0 Å². The summed E-state index contributed by atoms with van der Waals surface area (Å²) < 4.78 is 6.39. The van der Waals surface area contributed by atoms with E-state index >= 15 is 0 Å². The van der Waals surface area contributed by atoms with E-state index in [4.69, 9.17) is 4.74 Å². The minimum absolute atomic E-state index is 0.281. The molecule has 2 nitrogen and oxygen atoms in total. The number of rotatable bonds is 2. The molecule has 2 heterocycles.